The van der Waals surface area contributed by atoms with Gasteiger partial charge in [-0.25, -0.2) is 0 Å². The Morgan fingerprint density at radius 1 is 1.41 bits per heavy atom. The molecular weight excluding hydrogens is 228 g/mol. The van der Waals surface area contributed by atoms with Gasteiger partial charge in [-0.05, 0) is 24.5 Å². The summed E-state index contributed by atoms with van der Waals surface area (Å²) in [6.07, 6.45) is 2.52. The lowest BCUT2D eigenvalue weighted by molar-refractivity contribution is 0.753. The van der Waals surface area contributed by atoms with E-state index in [1.54, 1.807) is 0 Å². The Labute approximate surface area is 108 Å². The van der Waals surface area contributed by atoms with Crippen molar-refractivity contribution < 1.29 is 0 Å². The maximum Gasteiger partial charge on any atom is 0.157 e. The van der Waals surface area contributed by atoms with Crippen molar-refractivity contribution in [1.29, 1.82) is 0 Å². The third-order valence-corrected chi connectivity index (χ3v) is 4.23. The molecule has 1 aliphatic rings. The first kappa shape index (κ1) is 12.5. The highest BCUT2D eigenvalue weighted by Gasteiger charge is 2.18. The minimum absolute atomic E-state index is 0.694. The van der Waals surface area contributed by atoms with Crippen molar-refractivity contribution >= 4 is 16.9 Å². The van der Waals surface area contributed by atoms with E-state index in [1.165, 1.54) is 24.0 Å². The molecule has 0 fully saturated rings. The Morgan fingerprint density at radius 3 is 3.00 bits per heavy atom. The summed E-state index contributed by atoms with van der Waals surface area (Å²) >= 11 is 1.90. The predicted octanol–water partition coefficient (Wildman–Crippen LogP) is 3.36. The molecule has 0 saturated carbocycles. The quantitative estimate of drug-likeness (QED) is 0.883. The van der Waals surface area contributed by atoms with Gasteiger partial charge in [-0.3, -0.25) is 4.99 Å². The number of thioether (sulfide) groups is 1. The van der Waals surface area contributed by atoms with Gasteiger partial charge < -0.3 is 5.32 Å². The molecule has 1 N–H and O–H groups in total. The maximum absolute atomic E-state index is 4.55. The molecule has 92 valence electrons. The molecule has 0 bridgehead atoms. The van der Waals surface area contributed by atoms with E-state index in [4.69, 9.17) is 0 Å². The summed E-state index contributed by atoms with van der Waals surface area (Å²) in [4.78, 5) is 4.55. The maximum atomic E-state index is 4.55. The average Bonchev–Trinajstić information content (AvgIpc) is 2.76. The normalized spacial score (nSPS) is 19.2. The highest BCUT2D eigenvalue weighted by Crippen LogP contribution is 2.23. The zero-order chi connectivity index (χ0) is 12.1. The minimum Gasteiger partial charge on any atom is -0.361 e. The number of benzene rings is 1. The smallest absolute Gasteiger partial charge is 0.157 e. The summed E-state index contributed by atoms with van der Waals surface area (Å²) in [6, 6.07) is 8.50. The van der Waals surface area contributed by atoms with Crippen LogP contribution in [0.25, 0.3) is 0 Å². The number of nitrogens with one attached hydrogen (secondary N) is 1. The number of aryl methyl sites for hydroxylation is 1. The number of hydrogen-bond acceptors (Lipinski definition) is 3. The number of rotatable bonds is 4. The monoisotopic (exact) mass is 248 g/mol. The molecule has 1 aromatic carbocycles. The average molecular weight is 248 g/mol. The molecule has 0 aromatic heterocycles. The molecule has 1 aromatic rings. The highest BCUT2D eigenvalue weighted by molar-refractivity contribution is 8.14. The summed E-state index contributed by atoms with van der Waals surface area (Å²) in [5, 5.41) is 5.25. The molecule has 0 spiro atoms. The lowest BCUT2D eigenvalue weighted by Crippen LogP contribution is -2.19. The van der Waals surface area contributed by atoms with Crippen molar-refractivity contribution in [3.8, 4) is 0 Å². The van der Waals surface area contributed by atoms with Gasteiger partial charge in [0, 0.05) is 11.8 Å². The van der Waals surface area contributed by atoms with Gasteiger partial charge in [0.05, 0.1) is 6.54 Å². The molecule has 1 heterocycles. The van der Waals surface area contributed by atoms with Gasteiger partial charge >= 0.3 is 0 Å². The Morgan fingerprint density at radius 2 is 2.24 bits per heavy atom. The van der Waals surface area contributed by atoms with Crippen LogP contribution in [0, 0.1) is 6.92 Å². The fourth-order valence-electron chi connectivity index (χ4n) is 1.97. The molecule has 0 amide bonds. The first-order valence-electron chi connectivity index (χ1n) is 6.29. The van der Waals surface area contributed by atoms with E-state index in [1.807, 2.05) is 11.8 Å². The fourth-order valence-corrected chi connectivity index (χ4v) is 3.09. The zero-order valence-corrected chi connectivity index (χ0v) is 11.4. The van der Waals surface area contributed by atoms with Crippen LogP contribution in [0.3, 0.4) is 0 Å². The molecule has 0 aliphatic carbocycles. The third-order valence-electron chi connectivity index (χ3n) is 3.02. The van der Waals surface area contributed by atoms with Crippen LogP contribution in [-0.2, 0) is 6.54 Å². The van der Waals surface area contributed by atoms with Crippen LogP contribution in [-0.4, -0.2) is 17.0 Å². The summed E-state index contributed by atoms with van der Waals surface area (Å²) in [5.41, 5.74) is 2.70. The van der Waals surface area contributed by atoms with Crippen molar-refractivity contribution in [3.63, 3.8) is 0 Å². The topological polar surface area (TPSA) is 24.4 Å². The van der Waals surface area contributed by atoms with Gasteiger partial charge in [-0.1, -0.05) is 49.4 Å². The molecule has 1 unspecified atom stereocenters. The summed E-state index contributed by atoms with van der Waals surface area (Å²) in [5.74, 6) is 0. The Bertz CT molecular complexity index is 401. The number of amidine groups is 1. The second-order valence-electron chi connectivity index (χ2n) is 4.45. The van der Waals surface area contributed by atoms with Gasteiger partial charge in [-0.2, -0.15) is 0 Å². The van der Waals surface area contributed by atoms with Crippen LogP contribution in [0.5, 0.6) is 0 Å². The van der Waals surface area contributed by atoms with Crippen molar-refractivity contribution in [2.75, 3.05) is 6.54 Å². The van der Waals surface area contributed by atoms with Crippen LogP contribution in [0.4, 0.5) is 0 Å². The first-order valence-corrected chi connectivity index (χ1v) is 7.17. The molecule has 3 heteroatoms. The van der Waals surface area contributed by atoms with E-state index in [0.29, 0.717) is 5.25 Å². The fraction of sp³-hybridized carbons (Fsp3) is 0.500. The third kappa shape index (κ3) is 3.50. The van der Waals surface area contributed by atoms with Crippen LogP contribution < -0.4 is 5.32 Å². The van der Waals surface area contributed by atoms with Crippen LogP contribution in [0.15, 0.2) is 29.3 Å². The van der Waals surface area contributed by atoms with E-state index in [-0.39, 0.29) is 0 Å². The van der Waals surface area contributed by atoms with Crippen molar-refractivity contribution in [1.82, 2.24) is 5.32 Å². The van der Waals surface area contributed by atoms with Crippen LogP contribution >= 0.6 is 11.8 Å². The predicted molar refractivity (Wildman–Crippen MR) is 76.6 cm³/mol. The second kappa shape index (κ2) is 6.10. The Balaban J connectivity index is 1.82. The van der Waals surface area contributed by atoms with E-state index >= 15 is 0 Å². The molecule has 1 atom stereocenters. The van der Waals surface area contributed by atoms with Crippen molar-refractivity contribution in [3.05, 3.63) is 35.4 Å². The van der Waals surface area contributed by atoms with Gasteiger partial charge in [0.25, 0.3) is 0 Å². The SMILES string of the molecule is CCCC1CN=C(NCc2ccccc2C)S1. The van der Waals surface area contributed by atoms with Gasteiger partial charge in [-0.15, -0.1) is 0 Å². The minimum atomic E-state index is 0.694. The molecule has 0 radical (unpaired) electrons. The molecule has 17 heavy (non-hydrogen) atoms. The molecule has 0 saturated heterocycles. The van der Waals surface area contributed by atoms with Gasteiger partial charge in [0.2, 0.25) is 0 Å². The summed E-state index contributed by atoms with van der Waals surface area (Å²) in [6.45, 7) is 6.26. The highest BCUT2D eigenvalue weighted by atomic mass is 32.2. The summed E-state index contributed by atoms with van der Waals surface area (Å²) in [7, 11) is 0. The number of nitrogens with zero attached hydrogens (tertiary/aromatic N) is 1. The Hall–Kier alpha value is -0.960. The van der Waals surface area contributed by atoms with E-state index in [0.717, 1.165) is 18.3 Å². The van der Waals surface area contributed by atoms with Gasteiger partial charge in [0.1, 0.15) is 0 Å². The van der Waals surface area contributed by atoms with Crippen LogP contribution in [0.1, 0.15) is 30.9 Å². The van der Waals surface area contributed by atoms with Crippen molar-refractivity contribution in [2.45, 2.75) is 38.5 Å². The second-order valence-corrected chi connectivity index (χ2v) is 5.74. The summed E-state index contributed by atoms with van der Waals surface area (Å²) < 4.78 is 0. The molecular formula is C14H20N2S. The number of aliphatic imine (C=N–C) groups is 1. The van der Waals surface area contributed by atoms with E-state index in [2.05, 4.69) is 48.4 Å². The van der Waals surface area contributed by atoms with E-state index < -0.39 is 0 Å². The molecule has 2 rings (SSSR count). The first-order chi connectivity index (χ1) is 8.29. The molecule has 2 nitrogen and oxygen atoms in total. The standard InChI is InChI=1S/C14H20N2S/c1-3-6-13-10-16-14(17-13)15-9-12-8-5-4-7-11(12)2/h4-5,7-8,13H,3,6,9-10H2,1-2H3,(H,15,16). The lowest BCUT2D eigenvalue weighted by atomic mass is 10.1. The zero-order valence-electron chi connectivity index (χ0n) is 10.6. The van der Waals surface area contributed by atoms with Gasteiger partial charge in [0.15, 0.2) is 5.17 Å². The number of hydrogen-bond donors (Lipinski definition) is 1. The largest absolute Gasteiger partial charge is 0.361 e. The van der Waals surface area contributed by atoms with E-state index in [9.17, 15) is 0 Å². The van der Waals surface area contributed by atoms with Crippen molar-refractivity contribution in [2.24, 2.45) is 4.99 Å². The molecule has 1 aliphatic heterocycles. The lowest BCUT2D eigenvalue weighted by Gasteiger charge is -2.09. The Kier molecular flexibility index (Phi) is 4.49. The van der Waals surface area contributed by atoms with Crippen LogP contribution in [0.2, 0.25) is 0 Å².